The van der Waals surface area contributed by atoms with Crippen LogP contribution in [0.25, 0.3) is 0 Å². The maximum absolute atomic E-state index is 5.62. The van der Waals surface area contributed by atoms with Crippen LogP contribution >= 0.6 is 9.24 Å². The van der Waals surface area contributed by atoms with Crippen molar-refractivity contribution in [3.8, 4) is 0 Å². The van der Waals surface area contributed by atoms with Crippen molar-refractivity contribution in [1.29, 1.82) is 0 Å². The summed E-state index contributed by atoms with van der Waals surface area (Å²) in [4.78, 5) is 0. The van der Waals surface area contributed by atoms with Gasteiger partial charge in [-0.1, -0.05) is 56.6 Å². The Labute approximate surface area is 120 Å². The summed E-state index contributed by atoms with van der Waals surface area (Å²) in [5.74, 6) is 0. The molecule has 0 bridgehead atoms. The molecule has 1 aromatic carbocycles. The second-order valence-corrected chi connectivity index (χ2v) is 12.2. The lowest BCUT2D eigenvalue weighted by Gasteiger charge is -2.19. The first-order valence-corrected chi connectivity index (χ1v) is 11.1. The van der Waals surface area contributed by atoms with Crippen LogP contribution in [0.4, 0.5) is 0 Å². The van der Waals surface area contributed by atoms with E-state index in [1.54, 1.807) is 0 Å². The zero-order chi connectivity index (χ0) is 14.3. The number of hydrogen-bond donors (Lipinski definition) is 1. The van der Waals surface area contributed by atoms with Crippen LogP contribution in [0.15, 0.2) is 42.6 Å². The Balaban J connectivity index is 2.25. The summed E-state index contributed by atoms with van der Waals surface area (Å²) in [6.45, 7) is 12.5. The summed E-state index contributed by atoms with van der Waals surface area (Å²) in [7, 11) is 1.83. The van der Waals surface area contributed by atoms with Crippen LogP contribution in [0, 0.1) is 0 Å². The van der Waals surface area contributed by atoms with Gasteiger partial charge in [0.2, 0.25) is 0 Å². The van der Waals surface area contributed by atoms with Gasteiger partial charge in [-0.25, -0.2) is 0 Å². The fourth-order valence-electron chi connectivity index (χ4n) is 1.57. The molecule has 2 atom stereocenters. The lowest BCUT2D eigenvalue weighted by atomic mass is 10.1. The average Bonchev–Trinajstić information content (AvgIpc) is 2.37. The third kappa shape index (κ3) is 6.91. The quantitative estimate of drug-likeness (QED) is 0.338. The molecule has 4 heteroatoms. The monoisotopic (exact) mass is 295 g/mol. The second-order valence-electron chi connectivity index (χ2n) is 5.95. The summed E-state index contributed by atoms with van der Waals surface area (Å²) in [6, 6.07) is 11.5. The van der Waals surface area contributed by atoms with E-state index >= 15 is 0 Å². The Morgan fingerprint density at radius 2 is 1.95 bits per heavy atom. The van der Waals surface area contributed by atoms with Crippen LogP contribution < -0.4 is 5.32 Å². The molecular weight excluding hydrogens is 269 g/mol. The average molecular weight is 295 g/mol. The molecule has 1 rings (SSSR count). The van der Waals surface area contributed by atoms with Crippen molar-refractivity contribution in [3.05, 3.63) is 48.2 Å². The molecule has 0 aliphatic carbocycles. The zero-order valence-electron chi connectivity index (χ0n) is 12.3. The highest BCUT2D eigenvalue weighted by Gasteiger charge is 2.12. The molecule has 0 heterocycles. The molecule has 0 aliphatic heterocycles. The first-order valence-electron chi connectivity index (χ1n) is 6.71. The van der Waals surface area contributed by atoms with E-state index in [1.165, 1.54) is 11.6 Å². The third-order valence-electron chi connectivity index (χ3n) is 2.93. The lowest BCUT2D eigenvalue weighted by Crippen LogP contribution is -2.24. The molecule has 2 unspecified atom stereocenters. The molecule has 0 radical (unpaired) electrons. The molecule has 106 valence electrons. The highest BCUT2D eigenvalue weighted by atomic mass is 31.0. The smallest absolute Gasteiger partial charge is 0.116 e. The van der Waals surface area contributed by atoms with Crippen molar-refractivity contribution < 1.29 is 4.74 Å². The predicted octanol–water partition coefficient (Wildman–Crippen LogP) is 4.02. The van der Waals surface area contributed by atoms with Crippen molar-refractivity contribution in [1.82, 2.24) is 5.32 Å². The maximum Gasteiger partial charge on any atom is 0.116 e. The van der Waals surface area contributed by atoms with Crippen LogP contribution in [-0.4, -0.2) is 21.4 Å². The van der Waals surface area contributed by atoms with Gasteiger partial charge in [0.15, 0.2) is 0 Å². The van der Waals surface area contributed by atoms with Crippen molar-refractivity contribution in [2.45, 2.75) is 31.3 Å². The van der Waals surface area contributed by atoms with Gasteiger partial charge in [0.1, 0.15) is 6.73 Å². The van der Waals surface area contributed by atoms with E-state index in [0.717, 1.165) is 12.3 Å². The van der Waals surface area contributed by atoms with Gasteiger partial charge >= 0.3 is 0 Å². The summed E-state index contributed by atoms with van der Waals surface area (Å²) in [5, 5.41) is 3.25. The van der Waals surface area contributed by atoms with Gasteiger partial charge in [-0.3, -0.25) is 0 Å². The summed E-state index contributed by atoms with van der Waals surface area (Å²) < 4.78 is 5.62. The zero-order valence-corrected chi connectivity index (χ0v) is 14.4. The molecule has 0 amide bonds. The molecular formula is C15H26NOPSi. The van der Waals surface area contributed by atoms with E-state index in [2.05, 4.69) is 52.9 Å². The van der Waals surface area contributed by atoms with E-state index < -0.39 is 8.07 Å². The highest BCUT2D eigenvalue weighted by molar-refractivity contribution is 7.17. The van der Waals surface area contributed by atoms with Gasteiger partial charge in [-0.2, -0.15) is 0 Å². The number of nitrogens with one attached hydrogen (secondary N) is 1. The normalized spacial score (nSPS) is 13.1. The molecule has 0 aliphatic rings. The lowest BCUT2D eigenvalue weighted by molar-refractivity contribution is 0.134. The van der Waals surface area contributed by atoms with Crippen LogP contribution in [0.2, 0.25) is 25.7 Å². The van der Waals surface area contributed by atoms with Gasteiger partial charge in [0.25, 0.3) is 0 Å². The van der Waals surface area contributed by atoms with Crippen LogP contribution in [0.1, 0.15) is 11.2 Å². The van der Waals surface area contributed by atoms with Crippen molar-refractivity contribution in [2.75, 3.05) is 13.3 Å². The Bertz CT molecular complexity index is 389. The van der Waals surface area contributed by atoms with Crippen LogP contribution in [0.5, 0.6) is 0 Å². The standard InChI is InChI=1S/C15H26NOPSi/c1-13(15(18)14-8-6-5-7-9-14)16-12-17-10-11-19(2,3)4/h5-9,15-16H,1,10-12,18H2,2-4H3. The Morgan fingerprint density at radius 1 is 1.32 bits per heavy atom. The highest BCUT2D eigenvalue weighted by Crippen LogP contribution is 2.27. The Morgan fingerprint density at radius 3 is 2.53 bits per heavy atom. The van der Waals surface area contributed by atoms with Gasteiger partial charge in [-0.15, -0.1) is 9.24 Å². The minimum Gasteiger partial charge on any atom is -0.366 e. The molecule has 0 fully saturated rings. The number of benzene rings is 1. The first-order chi connectivity index (χ1) is 8.90. The third-order valence-corrected chi connectivity index (χ3v) is 5.42. The van der Waals surface area contributed by atoms with Gasteiger partial charge in [0.05, 0.1) is 0 Å². The van der Waals surface area contributed by atoms with E-state index in [9.17, 15) is 0 Å². The topological polar surface area (TPSA) is 21.3 Å². The molecule has 2 nitrogen and oxygen atoms in total. The first kappa shape index (κ1) is 16.4. The molecule has 1 N–H and O–H groups in total. The fourth-order valence-corrected chi connectivity index (χ4v) is 2.66. The minimum atomic E-state index is -0.988. The van der Waals surface area contributed by atoms with Gasteiger partial charge in [-0.05, 0) is 11.6 Å². The van der Waals surface area contributed by atoms with Crippen LogP contribution in [-0.2, 0) is 4.74 Å². The number of allylic oxidation sites excluding steroid dienone is 1. The van der Waals surface area contributed by atoms with Gasteiger partial charge < -0.3 is 10.1 Å². The van der Waals surface area contributed by atoms with Crippen molar-refractivity contribution in [2.24, 2.45) is 0 Å². The molecule has 0 spiro atoms. The van der Waals surface area contributed by atoms with Crippen molar-refractivity contribution in [3.63, 3.8) is 0 Å². The minimum absolute atomic E-state index is 0.224. The summed E-state index contributed by atoms with van der Waals surface area (Å²) in [6.07, 6.45) is 0. The number of hydrogen-bond acceptors (Lipinski definition) is 2. The predicted molar refractivity (Wildman–Crippen MR) is 90.1 cm³/mol. The fraction of sp³-hybridized carbons (Fsp3) is 0.467. The maximum atomic E-state index is 5.62. The number of rotatable bonds is 8. The van der Waals surface area contributed by atoms with Crippen molar-refractivity contribution >= 4 is 17.3 Å². The summed E-state index contributed by atoms with van der Waals surface area (Å²) >= 11 is 0. The molecule has 0 aromatic heterocycles. The Kier molecular flexibility index (Phi) is 6.77. The van der Waals surface area contributed by atoms with Gasteiger partial charge in [0, 0.05) is 26.0 Å². The molecule has 19 heavy (non-hydrogen) atoms. The molecule has 0 saturated heterocycles. The van der Waals surface area contributed by atoms with E-state index in [0.29, 0.717) is 6.73 Å². The largest absolute Gasteiger partial charge is 0.366 e. The SMILES string of the molecule is C=C(NCOCC[Si](C)(C)C)C(P)c1ccccc1. The Hall–Kier alpha value is -0.633. The number of ether oxygens (including phenoxy) is 1. The van der Waals surface area contributed by atoms with E-state index in [-0.39, 0.29) is 5.66 Å². The molecule has 1 aromatic rings. The molecule has 0 saturated carbocycles. The second kappa shape index (κ2) is 7.84. The van der Waals surface area contributed by atoms with E-state index in [4.69, 9.17) is 4.74 Å². The van der Waals surface area contributed by atoms with E-state index in [1.807, 2.05) is 18.2 Å². The van der Waals surface area contributed by atoms with Crippen LogP contribution in [0.3, 0.4) is 0 Å². The summed E-state index contributed by atoms with van der Waals surface area (Å²) in [5.41, 5.74) is 2.44.